The smallest absolute Gasteiger partial charge is 0.264 e. The number of carbonyl (C=O) groups is 1. The maximum Gasteiger partial charge on any atom is 0.264 e. The second kappa shape index (κ2) is 11.9. The van der Waals surface area contributed by atoms with Crippen molar-refractivity contribution in [1.29, 1.82) is 5.26 Å². The van der Waals surface area contributed by atoms with Gasteiger partial charge in [0.1, 0.15) is 17.4 Å². The van der Waals surface area contributed by atoms with E-state index in [2.05, 4.69) is 34.6 Å². The molecule has 182 valence electrons. The number of ether oxygens (including phenoxy) is 2. The van der Waals surface area contributed by atoms with Gasteiger partial charge in [0.25, 0.3) is 5.91 Å². The second-order valence-corrected chi connectivity index (χ2v) is 8.90. The Morgan fingerprint density at radius 3 is 2.41 bits per heavy atom. The Kier molecular flexibility index (Phi) is 8.91. The van der Waals surface area contributed by atoms with Crippen molar-refractivity contribution in [1.82, 2.24) is 14.4 Å². The Morgan fingerprint density at radius 2 is 1.82 bits per heavy atom. The predicted molar refractivity (Wildman–Crippen MR) is 134 cm³/mol. The van der Waals surface area contributed by atoms with Crippen LogP contribution < -0.4 is 4.74 Å². The molecule has 1 amide bonds. The zero-order valence-electron chi connectivity index (χ0n) is 21.0. The van der Waals surface area contributed by atoms with Crippen LogP contribution in [0.25, 0.3) is 6.08 Å². The van der Waals surface area contributed by atoms with Gasteiger partial charge in [0.2, 0.25) is 0 Å². The molecular weight excluding hydrogens is 428 g/mol. The fourth-order valence-corrected chi connectivity index (χ4v) is 4.66. The van der Waals surface area contributed by atoms with E-state index >= 15 is 0 Å². The maximum atomic E-state index is 13.1. The molecule has 0 bridgehead atoms. The van der Waals surface area contributed by atoms with Crippen molar-refractivity contribution in [3.05, 3.63) is 58.4 Å². The Labute approximate surface area is 203 Å². The van der Waals surface area contributed by atoms with Gasteiger partial charge in [-0.2, -0.15) is 5.26 Å². The minimum absolute atomic E-state index is 0.180. The first-order chi connectivity index (χ1) is 16.4. The van der Waals surface area contributed by atoms with E-state index in [1.54, 1.807) is 25.2 Å². The summed E-state index contributed by atoms with van der Waals surface area (Å²) < 4.78 is 12.7. The largest absolute Gasteiger partial charge is 0.497 e. The van der Waals surface area contributed by atoms with Crippen LogP contribution in [0.4, 0.5) is 0 Å². The molecule has 1 atom stereocenters. The molecule has 0 radical (unpaired) electrons. The molecule has 0 spiro atoms. The van der Waals surface area contributed by atoms with Crippen LogP contribution in [0, 0.1) is 25.2 Å². The fraction of sp³-hybridized carbons (Fsp3) is 0.481. The highest BCUT2D eigenvalue weighted by Crippen LogP contribution is 2.23. The number of amides is 1. The van der Waals surface area contributed by atoms with Crippen molar-refractivity contribution in [2.45, 2.75) is 33.2 Å². The average molecular weight is 465 g/mol. The lowest BCUT2D eigenvalue weighted by molar-refractivity contribution is -0.128. The lowest BCUT2D eigenvalue weighted by Gasteiger charge is -2.34. The number of methoxy groups -OCH3 is 2. The molecule has 1 aromatic heterocycles. The van der Waals surface area contributed by atoms with Crippen LogP contribution in [0.15, 0.2) is 35.9 Å². The molecule has 1 aliphatic rings. The van der Waals surface area contributed by atoms with Gasteiger partial charge in [0.05, 0.1) is 19.8 Å². The Hall–Kier alpha value is -3.08. The summed E-state index contributed by atoms with van der Waals surface area (Å²) in [4.78, 5) is 17.3. The number of aryl methyl sites for hydroxylation is 1. The molecule has 1 saturated heterocycles. The number of rotatable bonds is 9. The van der Waals surface area contributed by atoms with Crippen LogP contribution in [-0.4, -0.2) is 73.8 Å². The van der Waals surface area contributed by atoms with Gasteiger partial charge in [-0.3, -0.25) is 9.69 Å². The van der Waals surface area contributed by atoms with E-state index in [9.17, 15) is 10.1 Å². The quantitative estimate of drug-likeness (QED) is 0.419. The highest BCUT2D eigenvalue weighted by atomic mass is 16.5. The second-order valence-electron chi connectivity index (χ2n) is 8.90. The number of nitrogens with zero attached hydrogens (tertiary/aromatic N) is 4. The third kappa shape index (κ3) is 6.07. The molecule has 1 aliphatic heterocycles. The zero-order valence-corrected chi connectivity index (χ0v) is 21.0. The molecule has 1 aromatic carbocycles. The highest BCUT2D eigenvalue weighted by molar-refractivity contribution is 6.01. The predicted octanol–water partition coefficient (Wildman–Crippen LogP) is 3.61. The van der Waals surface area contributed by atoms with Crippen molar-refractivity contribution in [3.8, 4) is 11.8 Å². The molecule has 3 rings (SSSR count). The van der Waals surface area contributed by atoms with Crippen LogP contribution in [0.1, 0.15) is 35.5 Å². The minimum Gasteiger partial charge on any atom is -0.497 e. The van der Waals surface area contributed by atoms with Gasteiger partial charge in [-0.25, -0.2) is 0 Å². The first-order valence-corrected chi connectivity index (χ1v) is 11.8. The van der Waals surface area contributed by atoms with Gasteiger partial charge in [0, 0.05) is 51.2 Å². The van der Waals surface area contributed by atoms with E-state index in [-0.39, 0.29) is 17.5 Å². The SMILES string of the molecule is COCC(C)n1c(C)cc(/C=C(/C#N)C(=O)N2CCN(CCc3ccc(OC)cc3)CC2)c1C. The number of aromatic nitrogens is 1. The standard InChI is InChI=1S/C27H36N4O3/c1-20-16-24(22(3)31(20)21(2)19-33-4)17-25(18-28)27(32)30-14-12-29(13-15-30)11-10-23-6-8-26(34-5)9-7-23/h6-9,16-17,21H,10-15,19H2,1-5H3/b25-17-. The van der Waals surface area contributed by atoms with Crippen molar-refractivity contribution >= 4 is 12.0 Å². The number of hydrogen-bond acceptors (Lipinski definition) is 5. The number of carbonyl (C=O) groups excluding carboxylic acids is 1. The molecule has 1 fully saturated rings. The average Bonchev–Trinajstić information content (AvgIpc) is 3.14. The fourth-order valence-electron chi connectivity index (χ4n) is 4.66. The lowest BCUT2D eigenvalue weighted by atomic mass is 10.1. The van der Waals surface area contributed by atoms with Crippen LogP contribution in [0.3, 0.4) is 0 Å². The van der Waals surface area contributed by atoms with E-state index in [0.717, 1.165) is 48.8 Å². The van der Waals surface area contributed by atoms with Gasteiger partial charge in [-0.05, 0) is 62.6 Å². The van der Waals surface area contributed by atoms with Crippen molar-refractivity contribution in [2.24, 2.45) is 0 Å². The van der Waals surface area contributed by atoms with Gasteiger partial charge in [0.15, 0.2) is 0 Å². The normalized spacial score (nSPS) is 15.8. The van der Waals surface area contributed by atoms with E-state index in [1.807, 2.05) is 32.0 Å². The van der Waals surface area contributed by atoms with E-state index in [1.165, 1.54) is 5.56 Å². The Morgan fingerprint density at radius 1 is 1.15 bits per heavy atom. The topological polar surface area (TPSA) is 70.7 Å². The molecule has 0 aliphatic carbocycles. The Balaban J connectivity index is 1.59. The summed E-state index contributed by atoms with van der Waals surface area (Å²) in [6, 6.07) is 12.5. The van der Waals surface area contributed by atoms with E-state index < -0.39 is 0 Å². The van der Waals surface area contributed by atoms with Crippen LogP contribution in [0.2, 0.25) is 0 Å². The summed E-state index contributed by atoms with van der Waals surface area (Å²) >= 11 is 0. The van der Waals surface area contributed by atoms with E-state index in [4.69, 9.17) is 9.47 Å². The van der Waals surface area contributed by atoms with E-state index in [0.29, 0.717) is 19.7 Å². The molecule has 2 heterocycles. The molecule has 1 unspecified atom stereocenters. The highest BCUT2D eigenvalue weighted by Gasteiger charge is 2.24. The van der Waals surface area contributed by atoms with Gasteiger partial charge in [-0.15, -0.1) is 0 Å². The molecular formula is C27H36N4O3. The molecule has 0 N–H and O–H groups in total. The first kappa shape index (κ1) is 25.5. The molecule has 34 heavy (non-hydrogen) atoms. The Bertz CT molecular complexity index is 1040. The molecule has 7 heteroatoms. The summed E-state index contributed by atoms with van der Waals surface area (Å²) in [6.07, 6.45) is 2.69. The van der Waals surface area contributed by atoms with Crippen molar-refractivity contribution in [2.75, 3.05) is 53.6 Å². The minimum atomic E-state index is -0.188. The number of hydrogen-bond donors (Lipinski definition) is 0. The van der Waals surface area contributed by atoms with Crippen LogP contribution in [0.5, 0.6) is 5.75 Å². The summed E-state index contributed by atoms with van der Waals surface area (Å²) in [6.45, 7) is 10.6. The summed E-state index contributed by atoms with van der Waals surface area (Å²) in [5.74, 6) is 0.677. The van der Waals surface area contributed by atoms with Gasteiger partial charge < -0.3 is 18.9 Å². The third-order valence-electron chi connectivity index (χ3n) is 6.56. The van der Waals surface area contributed by atoms with Gasteiger partial charge >= 0.3 is 0 Å². The molecule has 0 saturated carbocycles. The zero-order chi connectivity index (χ0) is 24.7. The summed E-state index contributed by atoms with van der Waals surface area (Å²) in [5.41, 5.74) is 4.48. The molecule has 7 nitrogen and oxygen atoms in total. The summed E-state index contributed by atoms with van der Waals surface area (Å²) in [7, 11) is 3.36. The third-order valence-corrected chi connectivity index (χ3v) is 6.56. The van der Waals surface area contributed by atoms with Crippen LogP contribution in [-0.2, 0) is 16.0 Å². The maximum absolute atomic E-state index is 13.1. The summed E-state index contributed by atoms with van der Waals surface area (Å²) in [5, 5.41) is 9.74. The number of piperazine rings is 1. The first-order valence-electron chi connectivity index (χ1n) is 11.8. The molecule has 2 aromatic rings. The van der Waals surface area contributed by atoms with Crippen LogP contribution >= 0.6 is 0 Å². The lowest BCUT2D eigenvalue weighted by Crippen LogP contribution is -2.49. The van der Waals surface area contributed by atoms with Crippen molar-refractivity contribution in [3.63, 3.8) is 0 Å². The number of benzene rings is 1. The monoisotopic (exact) mass is 464 g/mol. The van der Waals surface area contributed by atoms with Crippen molar-refractivity contribution < 1.29 is 14.3 Å². The number of nitriles is 1. The van der Waals surface area contributed by atoms with Gasteiger partial charge in [-0.1, -0.05) is 12.1 Å².